The van der Waals surface area contributed by atoms with E-state index in [1.54, 1.807) is 24.3 Å². The van der Waals surface area contributed by atoms with Crippen molar-refractivity contribution in [1.29, 1.82) is 0 Å². The second-order valence-electron chi connectivity index (χ2n) is 8.51. The van der Waals surface area contributed by atoms with Crippen LogP contribution < -0.4 is 4.74 Å². The number of rotatable bonds is 5. The van der Waals surface area contributed by atoms with Crippen LogP contribution in [0.2, 0.25) is 0 Å². The molecule has 0 spiro atoms. The van der Waals surface area contributed by atoms with Crippen molar-refractivity contribution in [3.63, 3.8) is 0 Å². The summed E-state index contributed by atoms with van der Waals surface area (Å²) in [6.07, 6.45) is 3.23. The predicted molar refractivity (Wildman–Crippen MR) is 113 cm³/mol. The highest BCUT2D eigenvalue weighted by Crippen LogP contribution is 2.56. The molecule has 1 heterocycles. The highest BCUT2D eigenvalue weighted by atomic mass is 79.9. The van der Waals surface area contributed by atoms with Gasteiger partial charge in [0.05, 0.1) is 11.8 Å². The molecule has 3 aliphatic rings. The number of carbonyl (C=O) groups is 3. The van der Waals surface area contributed by atoms with E-state index in [2.05, 4.69) is 15.9 Å². The molecule has 2 aromatic carbocycles. The van der Waals surface area contributed by atoms with Crippen molar-refractivity contribution < 1.29 is 19.1 Å². The average molecular weight is 468 g/mol. The van der Waals surface area contributed by atoms with Crippen molar-refractivity contribution in [3.05, 3.63) is 64.6 Å². The molecule has 0 unspecified atom stereocenters. The van der Waals surface area contributed by atoms with Crippen LogP contribution in [0.3, 0.4) is 0 Å². The van der Waals surface area contributed by atoms with E-state index in [0.717, 1.165) is 29.3 Å². The zero-order valence-corrected chi connectivity index (χ0v) is 18.0. The van der Waals surface area contributed by atoms with Gasteiger partial charge < -0.3 is 4.74 Å². The number of nitrogens with zero attached hydrogens (tertiary/aromatic N) is 1. The summed E-state index contributed by atoms with van der Waals surface area (Å²) in [6, 6.07) is 15.4. The summed E-state index contributed by atoms with van der Waals surface area (Å²) < 4.78 is 6.47. The number of benzene rings is 2. The van der Waals surface area contributed by atoms with E-state index in [0.29, 0.717) is 5.75 Å². The van der Waals surface area contributed by atoms with Crippen molar-refractivity contribution in [2.75, 3.05) is 0 Å². The molecule has 5 rings (SSSR count). The molecule has 3 fully saturated rings. The molecule has 0 radical (unpaired) electrons. The quantitative estimate of drug-likeness (QED) is 0.378. The summed E-state index contributed by atoms with van der Waals surface area (Å²) >= 11 is 3.36. The normalized spacial score (nSPS) is 28.0. The molecule has 1 saturated heterocycles. The fourth-order valence-electron chi connectivity index (χ4n) is 5.54. The largest absolute Gasteiger partial charge is 0.425 e. The Balaban J connectivity index is 1.45. The Bertz CT molecular complexity index is 962. The summed E-state index contributed by atoms with van der Waals surface area (Å²) in [5, 5.41) is 0. The number of hydrogen-bond donors (Lipinski definition) is 0. The first-order valence-corrected chi connectivity index (χ1v) is 11.2. The Labute approximate surface area is 183 Å². The van der Waals surface area contributed by atoms with Gasteiger partial charge in [-0.1, -0.05) is 46.3 Å². The maximum Gasteiger partial charge on any atom is 0.335 e. The Hall–Kier alpha value is -2.47. The first-order valence-electron chi connectivity index (χ1n) is 10.4. The Morgan fingerprint density at radius 1 is 0.967 bits per heavy atom. The number of esters is 1. The summed E-state index contributed by atoms with van der Waals surface area (Å²) in [7, 11) is 0. The van der Waals surface area contributed by atoms with Crippen molar-refractivity contribution in [2.24, 2.45) is 23.7 Å². The number of halogens is 1. The third-order valence-electron chi connectivity index (χ3n) is 6.85. The SMILES string of the molecule is O=C(Oc1ccc(Br)cc1)[C@@H](Cc1ccccc1)N1C(=O)[C@@H]2[C@H]3CC[C@@H](C3)[C@@H]2C1=O. The molecule has 5 atom stereocenters. The number of fused-ring (bicyclic) bond motifs is 5. The van der Waals surface area contributed by atoms with E-state index < -0.39 is 12.0 Å². The maximum absolute atomic E-state index is 13.3. The van der Waals surface area contributed by atoms with Crippen LogP contribution in [0.5, 0.6) is 5.75 Å². The van der Waals surface area contributed by atoms with E-state index in [4.69, 9.17) is 4.74 Å². The van der Waals surface area contributed by atoms with Gasteiger partial charge in [-0.2, -0.15) is 0 Å². The van der Waals surface area contributed by atoms with Crippen LogP contribution in [-0.2, 0) is 20.8 Å². The summed E-state index contributed by atoms with van der Waals surface area (Å²) in [5.41, 5.74) is 0.885. The number of likely N-dealkylation sites (tertiary alicyclic amines) is 1. The lowest BCUT2D eigenvalue weighted by molar-refractivity contribution is -0.154. The maximum atomic E-state index is 13.3. The van der Waals surface area contributed by atoms with Gasteiger partial charge in [0.1, 0.15) is 11.8 Å². The summed E-state index contributed by atoms with van der Waals surface area (Å²) in [4.78, 5) is 41.1. The van der Waals surface area contributed by atoms with Crippen LogP contribution >= 0.6 is 15.9 Å². The molecule has 2 aliphatic carbocycles. The minimum Gasteiger partial charge on any atom is -0.425 e. The average Bonchev–Trinajstić information content (AvgIpc) is 3.43. The van der Waals surface area contributed by atoms with E-state index in [9.17, 15) is 14.4 Å². The molecule has 2 saturated carbocycles. The molecule has 2 bridgehead atoms. The zero-order chi connectivity index (χ0) is 20.8. The molecular formula is C24H22BrNO4. The molecule has 2 aromatic rings. The van der Waals surface area contributed by atoms with Crippen LogP contribution in [0.1, 0.15) is 24.8 Å². The van der Waals surface area contributed by atoms with Gasteiger partial charge in [-0.25, -0.2) is 4.79 Å². The Kier molecular flexibility index (Phi) is 4.97. The lowest BCUT2D eigenvalue weighted by atomic mass is 9.81. The lowest BCUT2D eigenvalue weighted by Gasteiger charge is -2.26. The summed E-state index contributed by atoms with van der Waals surface area (Å²) in [6.45, 7) is 0. The third kappa shape index (κ3) is 3.27. The van der Waals surface area contributed by atoms with Gasteiger partial charge in [-0.05, 0) is 60.9 Å². The van der Waals surface area contributed by atoms with Crippen LogP contribution in [0, 0.1) is 23.7 Å². The monoisotopic (exact) mass is 467 g/mol. The standard InChI is InChI=1S/C24H22BrNO4/c25-17-8-10-18(11-9-17)30-24(29)19(12-14-4-2-1-3-5-14)26-22(27)20-15-6-7-16(13-15)21(20)23(26)28/h1-5,8-11,15-16,19-21H,6-7,12-13H2/t15-,16-,19+,20-,21+/m0/s1. The van der Waals surface area contributed by atoms with Gasteiger partial charge in [-0.3, -0.25) is 14.5 Å². The van der Waals surface area contributed by atoms with Gasteiger partial charge >= 0.3 is 5.97 Å². The third-order valence-corrected chi connectivity index (χ3v) is 7.38. The number of ether oxygens (including phenoxy) is 1. The molecule has 30 heavy (non-hydrogen) atoms. The van der Waals surface area contributed by atoms with Crippen LogP contribution in [0.4, 0.5) is 0 Å². The molecule has 2 amide bonds. The van der Waals surface area contributed by atoms with Gasteiger partial charge in [0, 0.05) is 10.9 Å². The smallest absolute Gasteiger partial charge is 0.335 e. The van der Waals surface area contributed by atoms with E-state index >= 15 is 0 Å². The molecule has 5 nitrogen and oxygen atoms in total. The first kappa shape index (κ1) is 19.5. The van der Waals surface area contributed by atoms with Gasteiger partial charge in [0.2, 0.25) is 11.8 Å². The minimum atomic E-state index is -0.957. The van der Waals surface area contributed by atoms with Gasteiger partial charge in [-0.15, -0.1) is 0 Å². The van der Waals surface area contributed by atoms with Crippen molar-refractivity contribution in [1.82, 2.24) is 4.90 Å². The molecule has 6 heteroatoms. The fraction of sp³-hybridized carbons (Fsp3) is 0.375. The lowest BCUT2D eigenvalue weighted by Crippen LogP contribution is -2.49. The highest BCUT2D eigenvalue weighted by molar-refractivity contribution is 9.10. The van der Waals surface area contributed by atoms with Crippen LogP contribution in [0.15, 0.2) is 59.1 Å². The highest BCUT2D eigenvalue weighted by Gasteiger charge is 2.62. The van der Waals surface area contributed by atoms with Crippen LogP contribution in [-0.4, -0.2) is 28.7 Å². The number of amides is 2. The first-order chi connectivity index (χ1) is 14.5. The van der Waals surface area contributed by atoms with Crippen molar-refractivity contribution in [3.8, 4) is 5.75 Å². The Morgan fingerprint density at radius 3 is 2.17 bits per heavy atom. The van der Waals surface area contributed by atoms with Crippen molar-refractivity contribution in [2.45, 2.75) is 31.7 Å². The number of hydrogen-bond acceptors (Lipinski definition) is 4. The predicted octanol–water partition coefficient (Wildman–Crippen LogP) is 4.00. The molecular weight excluding hydrogens is 446 g/mol. The second kappa shape index (κ2) is 7.65. The molecule has 1 aliphatic heterocycles. The zero-order valence-electron chi connectivity index (χ0n) is 16.4. The number of carbonyl (C=O) groups excluding carboxylic acids is 3. The Morgan fingerprint density at radius 2 is 1.57 bits per heavy atom. The van der Waals surface area contributed by atoms with Gasteiger partial charge in [0.15, 0.2) is 0 Å². The summed E-state index contributed by atoms with van der Waals surface area (Å²) in [5.74, 6) is -0.514. The minimum absolute atomic E-state index is 0.189. The van der Waals surface area contributed by atoms with Crippen LogP contribution in [0.25, 0.3) is 0 Å². The van der Waals surface area contributed by atoms with E-state index in [1.807, 2.05) is 30.3 Å². The van der Waals surface area contributed by atoms with Crippen molar-refractivity contribution >= 4 is 33.7 Å². The molecule has 154 valence electrons. The number of imide groups is 1. The van der Waals surface area contributed by atoms with E-state index in [-0.39, 0.29) is 41.9 Å². The molecule has 0 aromatic heterocycles. The van der Waals surface area contributed by atoms with E-state index in [1.165, 1.54) is 4.90 Å². The fourth-order valence-corrected chi connectivity index (χ4v) is 5.81. The van der Waals surface area contributed by atoms with Gasteiger partial charge in [0.25, 0.3) is 0 Å². The molecule has 0 N–H and O–H groups in total. The topological polar surface area (TPSA) is 63.7 Å². The second-order valence-corrected chi connectivity index (χ2v) is 9.43.